The minimum atomic E-state index is -0.598. The first-order valence-electron chi connectivity index (χ1n) is 5.53. The topological polar surface area (TPSA) is 0 Å². The predicted octanol–water partition coefficient (Wildman–Crippen LogP) is 4.48. The summed E-state index contributed by atoms with van der Waals surface area (Å²) in [6, 6.07) is 4.79. The van der Waals surface area contributed by atoms with E-state index in [4.69, 9.17) is 0 Å². The Hall–Kier alpha value is -0.430. The Bertz CT molecular complexity index is 356. The molecule has 0 aliphatic carbocycles. The molecule has 0 aliphatic heterocycles. The highest BCUT2D eigenvalue weighted by Gasteiger charge is 2.13. The van der Waals surface area contributed by atoms with Gasteiger partial charge in [-0.25, -0.2) is 10.0 Å². The minimum absolute atomic E-state index is 0.598. The van der Waals surface area contributed by atoms with Crippen LogP contribution in [0.5, 0.6) is 0 Å². The molecule has 0 saturated heterocycles. The van der Waals surface area contributed by atoms with Crippen LogP contribution in [0.3, 0.4) is 0 Å². The molecule has 1 heteroatoms. The van der Waals surface area contributed by atoms with E-state index in [2.05, 4.69) is 58.6 Å². The van der Waals surface area contributed by atoms with Crippen molar-refractivity contribution in [2.45, 2.75) is 38.5 Å². The van der Waals surface area contributed by atoms with Gasteiger partial charge in [-0.05, 0) is 72.3 Å². The molecule has 0 radical (unpaired) electrons. The summed E-state index contributed by atoms with van der Waals surface area (Å²) in [5, 5.41) is 0. The number of benzene rings is 1. The SMILES string of the molecule is Cc1cc(S(C)(C)C)cc(C(C)C)c1C. The maximum absolute atomic E-state index is 2.42. The fourth-order valence-corrected chi connectivity index (χ4v) is 2.82. The lowest BCUT2D eigenvalue weighted by Gasteiger charge is -2.28. The second kappa shape index (κ2) is 4.21. The lowest BCUT2D eigenvalue weighted by molar-refractivity contribution is 0.848. The van der Waals surface area contributed by atoms with E-state index in [1.54, 1.807) is 0 Å². The zero-order valence-electron chi connectivity index (χ0n) is 11.1. The van der Waals surface area contributed by atoms with E-state index in [1.165, 1.54) is 21.6 Å². The summed E-state index contributed by atoms with van der Waals surface area (Å²) in [5.74, 6) is 0.630. The molecular formula is C14H24S. The minimum Gasteiger partial charge on any atom is -0.223 e. The normalized spacial score (nSPS) is 13.3. The molecule has 0 saturated carbocycles. The molecule has 0 aliphatic rings. The third kappa shape index (κ3) is 2.78. The molecule has 1 aromatic carbocycles. The Kier molecular flexibility index (Phi) is 3.55. The van der Waals surface area contributed by atoms with Crippen LogP contribution >= 0.6 is 10.0 Å². The highest BCUT2D eigenvalue weighted by molar-refractivity contribution is 8.32. The molecule has 0 unspecified atom stereocenters. The van der Waals surface area contributed by atoms with E-state index < -0.39 is 10.0 Å². The zero-order chi connectivity index (χ0) is 11.8. The first-order chi connectivity index (χ1) is 6.73. The second-order valence-electron chi connectivity index (χ2n) is 5.45. The summed E-state index contributed by atoms with van der Waals surface area (Å²) >= 11 is 0. The summed E-state index contributed by atoms with van der Waals surface area (Å²) in [7, 11) is -0.598. The average Bonchev–Trinajstić information content (AvgIpc) is 2.06. The first kappa shape index (κ1) is 12.6. The van der Waals surface area contributed by atoms with E-state index in [1.807, 2.05) is 0 Å². The van der Waals surface area contributed by atoms with E-state index in [0.717, 1.165) is 0 Å². The van der Waals surface area contributed by atoms with Crippen LogP contribution in [0, 0.1) is 13.8 Å². The molecule has 0 spiro atoms. The lowest BCUT2D eigenvalue weighted by atomic mass is 9.95. The molecule has 0 nitrogen and oxygen atoms in total. The molecule has 86 valence electrons. The van der Waals surface area contributed by atoms with Gasteiger partial charge in [0, 0.05) is 0 Å². The largest absolute Gasteiger partial charge is 0.223 e. The van der Waals surface area contributed by atoms with Gasteiger partial charge < -0.3 is 0 Å². The van der Waals surface area contributed by atoms with Crippen molar-refractivity contribution in [1.82, 2.24) is 0 Å². The van der Waals surface area contributed by atoms with Crippen LogP contribution in [0.25, 0.3) is 0 Å². The Morgan fingerprint density at radius 1 is 1.00 bits per heavy atom. The van der Waals surface area contributed by atoms with Crippen LogP contribution in [0.4, 0.5) is 0 Å². The number of rotatable bonds is 2. The monoisotopic (exact) mass is 224 g/mol. The Labute approximate surface area is 96.4 Å². The van der Waals surface area contributed by atoms with Crippen molar-refractivity contribution in [3.8, 4) is 0 Å². The number of aryl methyl sites for hydroxylation is 1. The third-order valence-corrected chi connectivity index (χ3v) is 4.66. The van der Waals surface area contributed by atoms with E-state index in [0.29, 0.717) is 5.92 Å². The second-order valence-corrected chi connectivity index (χ2v) is 9.59. The molecule has 1 rings (SSSR count). The van der Waals surface area contributed by atoms with Crippen molar-refractivity contribution >= 4 is 10.0 Å². The molecule has 1 aromatic rings. The number of hydrogen-bond donors (Lipinski definition) is 0. The maximum atomic E-state index is 2.42. The Morgan fingerprint density at radius 2 is 1.53 bits per heavy atom. The molecule has 15 heavy (non-hydrogen) atoms. The average molecular weight is 224 g/mol. The molecule has 0 aromatic heterocycles. The summed E-state index contributed by atoms with van der Waals surface area (Å²) in [6.07, 6.45) is 7.09. The van der Waals surface area contributed by atoms with Crippen molar-refractivity contribution in [2.24, 2.45) is 0 Å². The summed E-state index contributed by atoms with van der Waals surface area (Å²) in [6.45, 7) is 9.04. The Morgan fingerprint density at radius 3 is 1.93 bits per heavy atom. The van der Waals surface area contributed by atoms with E-state index in [-0.39, 0.29) is 0 Å². The quantitative estimate of drug-likeness (QED) is 0.695. The van der Waals surface area contributed by atoms with Gasteiger partial charge in [0.05, 0.1) is 0 Å². The fraction of sp³-hybridized carbons (Fsp3) is 0.571. The molecule has 0 heterocycles. The van der Waals surface area contributed by atoms with Gasteiger partial charge in [-0.15, -0.1) is 0 Å². The van der Waals surface area contributed by atoms with Crippen molar-refractivity contribution in [3.63, 3.8) is 0 Å². The number of hydrogen-bond acceptors (Lipinski definition) is 0. The van der Waals surface area contributed by atoms with Crippen molar-refractivity contribution in [2.75, 3.05) is 18.8 Å². The molecule has 0 N–H and O–H groups in total. The molecule has 0 atom stereocenters. The van der Waals surface area contributed by atoms with Gasteiger partial charge in [-0.2, -0.15) is 0 Å². The van der Waals surface area contributed by atoms with Crippen LogP contribution in [-0.4, -0.2) is 18.8 Å². The van der Waals surface area contributed by atoms with Crippen LogP contribution in [-0.2, 0) is 0 Å². The van der Waals surface area contributed by atoms with Crippen LogP contribution in [0.1, 0.15) is 36.5 Å². The van der Waals surface area contributed by atoms with Gasteiger partial charge in [-0.3, -0.25) is 0 Å². The van der Waals surface area contributed by atoms with Crippen LogP contribution in [0.15, 0.2) is 17.0 Å². The van der Waals surface area contributed by atoms with Crippen molar-refractivity contribution in [3.05, 3.63) is 28.8 Å². The smallest absolute Gasteiger partial charge is 0.0101 e. The Balaban J connectivity index is 3.36. The summed E-state index contributed by atoms with van der Waals surface area (Å²) in [5.41, 5.74) is 4.43. The molecule has 0 amide bonds. The lowest BCUT2D eigenvalue weighted by Crippen LogP contribution is -2.00. The van der Waals surface area contributed by atoms with Crippen molar-refractivity contribution in [1.29, 1.82) is 0 Å². The van der Waals surface area contributed by atoms with Crippen molar-refractivity contribution < 1.29 is 0 Å². The highest BCUT2D eigenvalue weighted by Crippen LogP contribution is 2.46. The van der Waals surface area contributed by atoms with Gasteiger partial charge in [0.25, 0.3) is 0 Å². The van der Waals surface area contributed by atoms with Gasteiger partial charge >= 0.3 is 0 Å². The fourth-order valence-electron chi connectivity index (χ4n) is 1.81. The highest BCUT2D eigenvalue weighted by atomic mass is 32.3. The maximum Gasteiger partial charge on any atom is -0.0101 e. The van der Waals surface area contributed by atoms with E-state index >= 15 is 0 Å². The third-order valence-electron chi connectivity index (χ3n) is 3.01. The van der Waals surface area contributed by atoms with Crippen LogP contribution in [0.2, 0.25) is 0 Å². The van der Waals surface area contributed by atoms with Gasteiger partial charge in [0.2, 0.25) is 0 Å². The van der Waals surface area contributed by atoms with Gasteiger partial charge in [0.1, 0.15) is 0 Å². The summed E-state index contributed by atoms with van der Waals surface area (Å²) in [4.78, 5) is 1.54. The van der Waals surface area contributed by atoms with Crippen LogP contribution < -0.4 is 0 Å². The predicted molar refractivity (Wildman–Crippen MR) is 73.6 cm³/mol. The standard InChI is InChI=1S/C14H24S/c1-10(2)14-9-13(15(5,6)7)8-11(3)12(14)4/h8-10H,1-7H3. The first-order valence-corrected chi connectivity index (χ1v) is 8.38. The van der Waals surface area contributed by atoms with E-state index in [9.17, 15) is 0 Å². The molecular weight excluding hydrogens is 200 g/mol. The van der Waals surface area contributed by atoms with Gasteiger partial charge in [0.15, 0.2) is 0 Å². The zero-order valence-corrected chi connectivity index (χ0v) is 12.0. The summed E-state index contributed by atoms with van der Waals surface area (Å²) < 4.78 is 0. The molecule has 0 fully saturated rings. The molecule has 0 bridgehead atoms. The van der Waals surface area contributed by atoms with Gasteiger partial charge in [-0.1, -0.05) is 13.8 Å².